The highest BCUT2D eigenvalue weighted by Gasteiger charge is 2.19. The molecule has 0 atom stereocenters. The molecule has 1 N–H and O–H groups in total. The van der Waals surface area contributed by atoms with Crippen LogP contribution in [0.25, 0.3) is 0 Å². The first-order valence-electron chi connectivity index (χ1n) is 5.61. The molecule has 2 heterocycles. The molecule has 80 valence electrons. The van der Waals surface area contributed by atoms with Crippen LogP contribution in [-0.4, -0.2) is 43.2 Å². The van der Waals surface area contributed by atoms with Gasteiger partial charge in [-0.25, -0.2) is 0 Å². The molecule has 2 aliphatic heterocycles. The Balaban J connectivity index is 1.80. The third-order valence-electron chi connectivity index (χ3n) is 3.35. The first-order valence-corrected chi connectivity index (χ1v) is 5.61. The Hall–Kier alpha value is -0.700. The second kappa shape index (κ2) is 4.22. The molecule has 3 heteroatoms. The number of likely N-dealkylation sites (tertiary alicyclic amines) is 1. The van der Waals surface area contributed by atoms with Crippen LogP contribution in [0, 0.1) is 5.92 Å². The van der Waals surface area contributed by atoms with Gasteiger partial charge in [-0.3, -0.25) is 4.90 Å². The van der Waals surface area contributed by atoms with Gasteiger partial charge in [0.2, 0.25) is 0 Å². The van der Waals surface area contributed by atoms with E-state index < -0.39 is 0 Å². The Labute approximate surface area is 86.8 Å². The summed E-state index contributed by atoms with van der Waals surface area (Å²) in [7, 11) is 2.15. The van der Waals surface area contributed by atoms with Crippen molar-refractivity contribution in [1.82, 2.24) is 15.1 Å². The summed E-state index contributed by atoms with van der Waals surface area (Å²) < 4.78 is 0. The molecule has 1 saturated heterocycles. The molecule has 0 radical (unpaired) electrons. The van der Waals surface area contributed by atoms with Gasteiger partial charge < -0.3 is 10.2 Å². The molecule has 1 fully saturated rings. The molecule has 3 nitrogen and oxygen atoms in total. The van der Waals surface area contributed by atoms with Crippen molar-refractivity contribution in [2.75, 3.05) is 33.4 Å². The average Bonchev–Trinajstić information content (AvgIpc) is 2.56. The molecule has 2 aliphatic rings. The molecule has 14 heavy (non-hydrogen) atoms. The van der Waals surface area contributed by atoms with Crippen molar-refractivity contribution >= 4 is 0 Å². The van der Waals surface area contributed by atoms with Crippen LogP contribution in [0.2, 0.25) is 0 Å². The molecular formula is C11H21N3. The van der Waals surface area contributed by atoms with Gasteiger partial charge in [0.05, 0.1) is 6.67 Å². The summed E-state index contributed by atoms with van der Waals surface area (Å²) in [5.74, 6) is 0.930. The Morgan fingerprint density at radius 1 is 1.43 bits per heavy atom. The van der Waals surface area contributed by atoms with Gasteiger partial charge in [-0.05, 0) is 31.8 Å². The van der Waals surface area contributed by atoms with Gasteiger partial charge in [-0.15, -0.1) is 0 Å². The van der Waals surface area contributed by atoms with Crippen molar-refractivity contribution in [1.29, 1.82) is 0 Å². The minimum absolute atomic E-state index is 0.930. The second-order valence-electron chi connectivity index (χ2n) is 4.65. The number of nitrogens with zero attached hydrogens (tertiary/aromatic N) is 2. The SMILES string of the molecule is CC1CCN(CC2=CNCN2C)CC1. The number of likely N-dealkylation sites (N-methyl/N-ethyl adjacent to an activating group) is 1. The van der Waals surface area contributed by atoms with E-state index in [1.165, 1.54) is 31.6 Å². The van der Waals surface area contributed by atoms with Crippen LogP contribution in [0.1, 0.15) is 19.8 Å². The topological polar surface area (TPSA) is 18.5 Å². The molecule has 0 saturated carbocycles. The molecular weight excluding hydrogens is 174 g/mol. The Bertz CT molecular complexity index is 217. The normalized spacial score (nSPS) is 25.0. The lowest BCUT2D eigenvalue weighted by molar-refractivity contribution is 0.195. The minimum atomic E-state index is 0.930. The predicted octanol–water partition coefficient (Wildman–Crippen LogP) is 1.05. The molecule has 0 aromatic heterocycles. The van der Waals surface area contributed by atoms with Crippen LogP contribution in [0.15, 0.2) is 11.9 Å². The lowest BCUT2D eigenvalue weighted by Crippen LogP contribution is -2.36. The fourth-order valence-corrected chi connectivity index (χ4v) is 2.13. The highest BCUT2D eigenvalue weighted by molar-refractivity contribution is 5.06. The summed E-state index contributed by atoms with van der Waals surface area (Å²) >= 11 is 0. The quantitative estimate of drug-likeness (QED) is 0.710. The minimum Gasteiger partial charge on any atom is -0.372 e. The van der Waals surface area contributed by atoms with Gasteiger partial charge in [0.1, 0.15) is 0 Å². The lowest BCUT2D eigenvalue weighted by atomic mass is 9.99. The van der Waals surface area contributed by atoms with Crippen LogP contribution < -0.4 is 5.32 Å². The highest BCUT2D eigenvalue weighted by atomic mass is 15.3. The summed E-state index contributed by atoms with van der Waals surface area (Å²) in [5.41, 5.74) is 1.43. The van der Waals surface area contributed by atoms with Crippen LogP contribution in [0.5, 0.6) is 0 Å². The lowest BCUT2D eigenvalue weighted by Gasteiger charge is -2.31. The maximum absolute atomic E-state index is 3.26. The average molecular weight is 195 g/mol. The van der Waals surface area contributed by atoms with E-state index in [0.29, 0.717) is 0 Å². The second-order valence-corrected chi connectivity index (χ2v) is 4.65. The van der Waals surface area contributed by atoms with Crippen molar-refractivity contribution < 1.29 is 0 Å². The molecule has 0 aliphatic carbocycles. The fraction of sp³-hybridized carbons (Fsp3) is 0.818. The van der Waals surface area contributed by atoms with Crippen molar-refractivity contribution in [2.24, 2.45) is 5.92 Å². The van der Waals surface area contributed by atoms with Crippen LogP contribution in [-0.2, 0) is 0 Å². The van der Waals surface area contributed by atoms with Crippen molar-refractivity contribution in [3.05, 3.63) is 11.9 Å². The van der Waals surface area contributed by atoms with Crippen molar-refractivity contribution in [2.45, 2.75) is 19.8 Å². The first kappa shape index (κ1) is 9.84. The van der Waals surface area contributed by atoms with Crippen LogP contribution in [0.4, 0.5) is 0 Å². The molecule has 0 aromatic rings. The van der Waals surface area contributed by atoms with E-state index in [2.05, 4.69) is 35.3 Å². The largest absolute Gasteiger partial charge is 0.372 e. The predicted molar refractivity (Wildman–Crippen MR) is 58.7 cm³/mol. The number of piperidine rings is 1. The molecule has 0 bridgehead atoms. The summed E-state index contributed by atoms with van der Waals surface area (Å²) in [5, 5.41) is 3.26. The molecule has 0 spiro atoms. The third-order valence-corrected chi connectivity index (χ3v) is 3.35. The zero-order valence-corrected chi connectivity index (χ0v) is 9.29. The van der Waals surface area contributed by atoms with Gasteiger partial charge in [0.15, 0.2) is 0 Å². The Kier molecular flexibility index (Phi) is 2.96. The Morgan fingerprint density at radius 3 is 2.71 bits per heavy atom. The number of hydrogen-bond acceptors (Lipinski definition) is 3. The summed E-state index contributed by atoms with van der Waals surface area (Å²) in [4.78, 5) is 4.85. The van der Waals surface area contributed by atoms with Gasteiger partial charge in [0.25, 0.3) is 0 Å². The molecule has 0 unspecified atom stereocenters. The van der Waals surface area contributed by atoms with Crippen LogP contribution in [0.3, 0.4) is 0 Å². The molecule has 0 aromatic carbocycles. The van der Waals surface area contributed by atoms with E-state index in [0.717, 1.165) is 19.1 Å². The summed E-state index contributed by atoms with van der Waals surface area (Å²) in [6, 6.07) is 0. The first-order chi connectivity index (χ1) is 6.75. The Morgan fingerprint density at radius 2 is 2.14 bits per heavy atom. The van der Waals surface area contributed by atoms with Crippen molar-refractivity contribution in [3.8, 4) is 0 Å². The van der Waals surface area contributed by atoms with E-state index in [9.17, 15) is 0 Å². The monoisotopic (exact) mass is 195 g/mol. The standard InChI is InChI=1S/C11H21N3/c1-10-3-5-14(6-4-10)8-11-7-12-9-13(11)2/h7,10,12H,3-6,8-9H2,1-2H3. The summed E-state index contributed by atoms with van der Waals surface area (Å²) in [6.45, 7) is 6.99. The molecule has 0 amide bonds. The highest BCUT2D eigenvalue weighted by Crippen LogP contribution is 2.17. The van der Waals surface area contributed by atoms with E-state index >= 15 is 0 Å². The van der Waals surface area contributed by atoms with Gasteiger partial charge in [-0.1, -0.05) is 6.92 Å². The maximum atomic E-state index is 3.26. The number of rotatable bonds is 2. The number of nitrogens with one attached hydrogen (secondary N) is 1. The van der Waals surface area contributed by atoms with Gasteiger partial charge in [-0.2, -0.15) is 0 Å². The fourth-order valence-electron chi connectivity index (χ4n) is 2.13. The smallest absolute Gasteiger partial charge is 0.0867 e. The van der Waals surface area contributed by atoms with Crippen LogP contribution >= 0.6 is 0 Å². The third kappa shape index (κ3) is 2.21. The summed E-state index contributed by atoms with van der Waals surface area (Å²) in [6.07, 6.45) is 4.88. The van der Waals surface area contributed by atoms with E-state index in [1.54, 1.807) is 0 Å². The van der Waals surface area contributed by atoms with Gasteiger partial charge in [0, 0.05) is 25.5 Å². The van der Waals surface area contributed by atoms with Gasteiger partial charge >= 0.3 is 0 Å². The zero-order valence-electron chi connectivity index (χ0n) is 9.29. The maximum Gasteiger partial charge on any atom is 0.0867 e. The van der Waals surface area contributed by atoms with E-state index in [1.807, 2.05) is 0 Å². The number of hydrogen-bond donors (Lipinski definition) is 1. The molecule has 2 rings (SSSR count). The van der Waals surface area contributed by atoms with E-state index in [-0.39, 0.29) is 0 Å². The van der Waals surface area contributed by atoms with E-state index in [4.69, 9.17) is 0 Å². The zero-order chi connectivity index (χ0) is 9.97. The van der Waals surface area contributed by atoms with Crippen molar-refractivity contribution in [3.63, 3.8) is 0 Å².